The SMILES string of the molecule is O=C(NC(=O)c1cc(Oc2ccc(C(F)(F)F)cc2Cl)ccc1[N+](=O)[O-])Oc1ccc([N+](=O)[O-])cc1. The molecule has 0 saturated carbocycles. The Bertz CT molecular complexity index is 1360. The Morgan fingerprint density at radius 2 is 1.53 bits per heavy atom. The number of hydrogen-bond donors (Lipinski definition) is 1. The van der Waals surface area contributed by atoms with E-state index in [-0.39, 0.29) is 22.9 Å². The largest absolute Gasteiger partial charge is 0.456 e. The van der Waals surface area contributed by atoms with Gasteiger partial charge in [-0.05, 0) is 36.4 Å². The van der Waals surface area contributed by atoms with Crippen LogP contribution in [0.1, 0.15) is 15.9 Å². The van der Waals surface area contributed by atoms with Gasteiger partial charge in [0.25, 0.3) is 17.3 Å². The highest BCUT2D eigenvalue weighted by Gasteiger charge is 2.31. The Morgan fingerprint density at radius 3 is 2.08 bits per heavy atom. The Kier molecular flexibility index (Phi) is 7.39. The Hall–Kier alpha value is -4.72. The number of non-ortho nitro benzene ring substituents is 1. The van der Waals surface area contributed by atoms with Crippen molar-refractivity contribution in [3.63, 3.8) is 0 Å². The summed E-state index contributed by atoms with van der Waals surface area (Å²) in [6, 6.07) is 9.33. The Balaban J connectivity index is 1.79. The minimum atomic E-state index is -4.65. The number of nitro benzene ring substituents is 2. The second kappa shape index (κ2) is 10.3. The summed E-state index contributed by atoms with van der Waals surface area (Å²) < 4.78 is 48.6. The van der Waals surface area contributed by atoms with Crippen LogP contribution in [0.15, 0.2) is 60.7 Å². The summed E-state index contributed by atoms with van der Waals surface area (Å²) in [4.78, 5) is 45.0. The van der Waals surface area contributed by atoms with Crippen LogP contribution in [0.4, 0.5) is 29.3 Å². The molecule has 3 aromatic carbocycles. The van der Waals surface area contributed by atoms with E-state index in [0.29, 0.717) is 12.1 Å². The zero-order valence-electron chi connectivity index (χ0n) is 17.4. The summed E-state index contributed by atoms with van der Waals surface area (Å²) in [5.41, 5.74) is -2.67. The molecule has 3 rings (SSSR count). The van der Waals surface area contributed by atoms with E-state index in [0.717, 1.165) is 48.5 Å². The van der Waals surface area contributed by atoms with Crippen molar-refractivity contribution in [2.24, 2.45) is 0 Å². The van der Waals surface area contributed by atoms with E-state index in [9.17, 15) is 43.0 Å². The zero-order chi connectivity index (χ0) is 26.6. The topological polar surface area (TPSA) is 151 Å². The Morgan fingerprint density at radius 1 is 0.889 bits per heavy atom. The first-order chi connectivity index (χ1) is 16.8. The maximum absolute atomic E-state index is 12.8. The van der Waals surface area contributed by atoms with Crippen LogP contribution in [0, 0.1) is 20.2 Å². The number of amides is 2. The fraction of sp³-hybridized carbons (Fsp3) is 0.0476. The molecule has 11 nitrogen and oxygen atoms in total. The summed E-state index contributed by atoms with van der Waals surface area (Å²) in [5.74, 6) is -1.87. The summed E-state index contributed by atoms with van der Waals surface area (Å²) in [7, 11) is 0. The molecule has 0 aliphatic rings. The lowest BCUT2D eigenvalue weighted by molar-refractivity contribution is -0.385. The van der Waals surface area contributed by atoms with Crippen molar-refractivity contribution >= 4 is 35.0 Å². The molecule has 0 radical (unpaired) electrons. The minimum Gasteiger partial charge on any atom is -0.456 e. The number of carbonyl (C=O) groups excluding carboxylic acids is 2. The van der Waals surface area contributed by atoms with Crippen LogP contribution < -0.4 is 14.8 Å². The average molecular weight is 526 g/mol. The van der Waals surface area contributed by atoms with E-state index in [1.807, 2.05) is 0 Å². The summed E-state index contributed by atoms with van der Waals surface area (Å²) in [5, 5.41) is 23.3. The second-order valence-electron chi connectivity index (χ2n) is 6.78. The van der Waals surface area contributed by atoms with Crippen LogP contribution in [0.5, 0.6) is 17.2 Å². The molecular formula is C21H11ClF3N3O8. The number of nitro groups is 2. The van der Waals surface area contributed by atoms with Crippen LogP contribution in [0.25, 0.3) is 0 Å². The molecule has 15 heteroatoms. The summed E-state index contributed by atoms with van der Waals surface area (Å²) >= 11 is 5.83. The number of ether oxygens (including phenoxy) is 2. The van der Waals surface area contributed by atoms with Gasteiger partial charge < -0.3 is 9.47 Å². The van der Waals surface area contributed by atoms with Gasteiger partial charge >= 0.3 is 12.3 Å². The molecule has 36 heavy (non-hydrogen) atoms. The van der Waals surface area contributed by atoms with Gasteiger partial charge in [0.1, 0.15) is 22.8 Å². The fourth-order valence-electron chi connectivity index (χ4n) is 2.74. The molecule has 0 heterocycles. The maximum Gasteiger partial charge on any atom is 0.419 e. The molecule has 0 aliphatic heterocycles. The smallest absolute Gasteiger partial charge is 0.419 e. The van der Waals surface area contributed by atoms with Gasteiger partial charge in [-0.25, -0.2) is 4.79 Å². The van der Waals surface area contributed by atoms with Crippen molar-refractivity contribution in [2.75, 3.05) is 0 Å². The normalized spacial score (nSPS) is 10.9. The summed E-state index contributed by atoms with van der Waals surface area (Å²) in [6.07, 6.45) is -6.00. The first-order valence-electron chi connectivity index (χ1n) is 9.46. The molecule has 2 amide bonds. The Labute approximate surface area is 203 Å². The molecule has 0 unspecified atom stereocenters. The molecule has 0 fully saturated rings. The van der Waals surface area contributed by atoms with E-state index in [1.54, 1.807) is 5.32 Å². The van der Waals surface area contributed by atoms with E-state index >= 15 is 0 Å². The second-order valence-corrected chi connectivity index (χ2v) is 7.18. The van der Waals surface area contributed by atoms with Crippen LogP contribution in [-0.2, 0) is 6.18 Å². The lowest BCUT2D eigenvalue weighted by Gasteiger charge is -2.12. The van der Waals surface area contributed by atoms with Gasteiger partial charge in [0.05, 0.1) is 20.4 Å². The van der Waals surface area contributed by atoms with Crippen LogP contribution in [0.2, 0.25) is 5.02 Å². The van der Waals surface area contributed by atoms with Gasteiger partial charge in [0.15, 0.2) is 0 Å². The molecule has 0 aromatic heterocycles. The van der Waals surface area contributed by atoms with Crippen molar-refractivity contribution in [1.82, 2.24) is 5.32 Å². The molecule has 0 saturated heterocycles. The highest BCUT2D eigenvalue weighted by Crippen LogP contribution is 2.37. The maximum atomic E-state index is 12.8. The third kappa shape index (κ3) is 6.24. The van der Waals surface area contributed by atoms with E-state index in [1.165, 1.54) is 0 Å². The molecule has 186 valence electrons. The number of alkyl halides is 3. The fourth-order valence-corrected chi connectivity index (χ4v) is 2.95. The standard InChI is InChI=1S/C21H11ClF3N3O8/c22-16-9-11(21(23,24)25)1-8-18(16)35-14-6-7-17(28(33)34)15(10-14)19(29)26-20(30)36-13-4-2-12(3-5-13)27(31)32/h1-10H,(H,26,29,30). The van der Waals surface area contributed by atoms with Crippen LogP contribution in [0.3, 0.4) is 0 Å². The van der Waals surface area contributed by atoms with E-state index in [2.05, 4.69) is 0 Å². The van der Waals surface area contributed by atoms with Crippen molar-refractivity contribution in [3.05, 3.63) is 97.0 Å². The molecule has 0 atom stereocenters. The highest BCUT2D eigenvalue weighted by molar-refractivity contribution is 6.32. The quantitative estimate of drug-likeness (QED) is 0.308. The van der Waals surface area contributed by atoms with Gasteiger partial charge in [-0.2, -0.15) is 13.2 Å². The molecular weight excluding hydrogens is 515 g/mol. The lowest BCUT2D eigenvalue weighted by Crippen LogP contribution is -2.33. The van der Waals surface area contributed by atoms with Crippen LogP contribution >= 0.6 is 11.6 Å². The van der Waals surface area contributed by atoms with Crippen molar-refractivity contribution < 1.29 is 42.1 Å². The lowest BCUT2D eigenvalue weighted by atomic mass is 10.1. The van der Waals surface area contributed by atoms with Crippen LogP contribution in [-0.4, -0.2) is 21.8 Å². The van der Waals surface area contributed by atoms with Gasteiger partial charge in [-0.1, -0.05) is 11.6 Å². The van der Waals surface area contributed by atoms with Gasteiger partial charge in [-0.3, -0.25) is 30.3 Å². The number of carbonyl (C=O) groups is 2. The van der Waals surface area contributed by atoms with Crippen molar-refractivity contribution in [3.8, 4) is 17.2 Å². The number of hydrogen-bond acceptors (Lipinski definition) is 8. The summed E-state index contributed by atoms with van der Waals surface area (Å²) in [6.45, 7) is 0. The van der Waals surface area contributed by atoms with Gasteiger partial charge in [0, 0.05) is 24.3 Å². The van der Waals surface area contributed by atoms with Gasteiger partial charge in [-0.15, -0.1) is 0 Å². The molecule has 0 bridgehead atoms. The highest BCUT2D eigenvalue weighted by atomic mass is 35.5. The van der Waals surface area contributed by atoms with Crippen molar-refractivity contribution in [1.29, 1.82) is 0 Å². The molecule has 1 N–H and O–H groups in total. The van der Waals surface area contributed by atoms with Crippen molar-refractivity contribution in [2.45, 2.75) is 6.18 Å². The number of nitrogens with zero attached hydrogens (tertiary/aromatic N) is 2. The predicted octanol–water partition coefficient (Wildman–Crippen LogP) is 5.90. The average Bonchev–Trinajstić information content (AvgIpc) is 2.79. The number of nitrogens with one attached hydrogen (secondary N) is 1. The molecule has 0 spiro atoms. The first kappa shape index (κ1) is 25.9. The number of halogens is 4. The number of imide groups is 1. The third-order valence-corrected chi connectivity index (χ3v) is 4.67. The predicted molar refractivity (Wildman–Crippen MR) is 116 cm³/mol. The van der Waals surface area contributed by atoms with E-state index < -0.39 is 49.9 Å². The monoisotopic (exact) mass is 525 g/mol. The number of rotatable bonds is 6. The van der Waals surface area contributed by atoms with Gasteiger partial charge in [0.2, 0.25) is 0 Å². The molecule has 3 aromatic rings. The zero-order valence-corrected chi connectivity index (χ0v) is 18.2. The number of benzene rings is 3. The third-order valence-electron chi connectivity index (χ3n) is 4.37. The minimum absolute atomic E-state index is 0.158. The molecule has 0 aliphatic carbocycles. The van der Waals surface area contributed by atoms with E-state index in [4.69, 9.17) is 21.1 Å². The first-order valence-corrected chi connectivity index (χ1v) is 9.83.